The monoisotopic (exact) mass is 342 g/mol. The Morgan fingerprint density at radius 2 is 1.71 bits per heavy atom. The molecule has 0 spiro atoms. The molecule has 0 N–H and O–H groups in total. The van der Waals surface area contributed by atoms with E-state index < -0.39 is 0 Å². The third-order valence-corrected chi connectivity index (χ3v) is 5.07. The zero-order chi connectivity index (χ0) is 17.3. The summed E-state index contributed by atoms with van der Waals surface area (Å²) in [6.07, 6.45) is 1.83. The van der Waals surface area contributed by atoms with Crippen LogP contribution in [0.1, 0.15) is 5.69 Å². The Bertz CT molecular complexity index is 986. The molecule has 2 heterocycles. The molecule has 0 aliphatic carbocycles. The van der Waals surface area contributed by atoms with Crippen molar-refractivity contribution in [3.05, 3.63) is 69.1 Å². The second-order valence-corrected chi connectivity index (χ2v) is 6.46. The van der Waals surface area contributed by atoms with E-state index in [9.17, 15) is 9.59 Å². The van der Waals surface area contributed by atoms with Crippen LogP contribution in [0.15, 0.2) is 57.3 Å². The maximum Gasteiger partial charge on any atom is 0.330 e. The van der Waals surface area contributed by atoms with Gasteiger partial charge in [-0.1, -0.05) is 42.1 Å². The molecule has 3 aromatic rings. The van der Waals surface area contributed by atoms with Crippen LogP contribution in [-0.4, -0.2) is 18.7 Å². The van der Waals surface area contributed by atoms with E-state index in [4.69, 9.17) is 0 Å². The first kappa shape index (κ1) is 16.3. The van der Waals surface area contributed by atoms with Crippen molar-refractivity contribution < 1.29 is 0 Å². The maximum atomic E-state index is 12.0. The number of hydrogen-bond acceptors (Lipinski definition) is 4. The van der Waals surface area contributed by atoms with Crippen LogP contribution < -0.4 is 11.2 Å². The number of hydrogen-bond donors (Lipinski definition) is 0. The zero-order valence-electron chi connectivity index (χ0n) is 13.8. The van der Waals surface area contributed by atoms with Gasteiger partial charge in [0.2, 0.25) is 0 Å². The molecular formula is C17H18N4O2S. The predicted molar refractivity (Wildman–Crippen MR) is 95.1 cm³/mol. The second-order valence-electron chi connectivity index (χ2n) is 5.51. The lowest BCUT2D eigenvalue weighted by Crippen LogP contribution is -2.37. The molecule has 0 bridgehead atoms. The summed E-state index contributed by atoms with van der Waals surface area (Å²) in [5.41, 5.74) is 2.19. The van der Waals surface area contributed by atoms with E-state index >= 15 is 0 Å². The number of thioether (sulfide) groups is 1. The number of benzene rings is 1. The van der Waals surface area contributed by atoms with Crippen LogP contribution in [0.3, 0.4) is 0 Å². The first-order valence-electron chi connectivity index (χ1n) is 7.45. The van der Waals surface area contributed by atoms with E-state index in [2.05, 4.69) is 4.98 Å². The minimum atomic E-state index is -0.317. The largest absolute Gasteiger partial charge is 0.330 e. The van der Waals surface area contributed by atoms with E-state index in [0.717, 1.165) is 21.0 Å². The highest BCUT2D eigenvalue weighted by atomic mass is 32.2. The van der Waals surface area contributed by atoms with Gasteiger partial charge in [-0.3, -0.25) is 13.9 Å². The van der Waals surface area contributed by atoms with E-state index in [-0.39, 0.29) is 11.2 Å². The second kappa shape index (κ2) is 6.52. The molecule has 6 nitrogen and oxygen atoms in total. The molecule has 7 heteroatoms. The highest BCUT2D eigenvalue weighted by molar-refractivity contribution is 7.98. The normalized spacial score (nSPS) is 11.0. The lowest BCUT2D eigenvalue weighted by molar-refractivity contribution is 0.664. The summed E-state index contributed by atoms with van der Waals surface area (Å²) in [4.78, 5) is 28.2. The molecule has 0 atom stereocenters. The van der Waals surface area contributed by atoms with Gasteiger partial charge < -0.3 is 4.57 Å². The Hall–Kier alpha value is -2.54. The molecule has 24 heavy (non-hydrogen) atoms. The highest BCUT2D eigenvalue weighted by Crippen LogP contribution is 2.26. The van der Waals surface area contributed by atoms with Crippen LogP contribution in [0.25, 0.3) is 11.3 Å². The predicted octanol–water partition coefficient (Wildman–Crippen LogP) is 1.78. The molecule has 3 rings (SSSR count). The molecule has 0 saturated heterocycles. The third kappa shape index (κ3) is 2.94. The molecule has 0 saturated carbocycles. The van der Waals surface area contributed by atoms with E-state index in [1.807, 2.05) is 48.1 Å². The fourth-order valence-electron chi connectivity index (χ4n) is 2.46. The molecular weight excluding hydrogens is 324 g/mol. The molecule has 0 aliphatic heterocycles. The van der Waals surface area contributed by atoms with Crippen LogP contribution in [0, 0.1) is 0 Å². The first-order valence-corrected chi connectivity index (χ1v) is 8.43. The van der Waals surface area contributed by atoms with Crippen molar-refractivity contribution in [1.29, 1.82) is 0 Å². The van der Waals surface area contributed by atoms with Crippen LogP contribution in [-0.2, 0) is 26.9 Å². The zero-order valence-corrected chi connectivity index (χ0v) is 14.6. The van der Waals surface area contributed by atoms with Crippen LogP contribution in [0.5, 0.6) is 0 Å². The quantitative estimate of drug-likeness (QED) is 0.678. The van der Waals surface area contributed by atoms with Gasteiger partial charge in [0.15, 0.2) is 5.16 Å². The smallest absolute Gasteiger partial charge is 0.322 e. The topological polar surface area (TPSA) is 61.8 Å². The third-order valence-electron chi connectivity index (χ3n) is 3.99. The van der Waals surface area contributed by atoms with Gasteiger partial charge in [0.1, 0.15) is 0 Å². The summed E-state index contributed by atoms with van der Waals surface area (Å²) in [5, 5.41) is 0.835. The molecule has 0 unspecified atom stereocenters. The lowest BCUT2D eigenvalue weighted by atomic mass is 10.2. The van der Waals surface area contributed by atoms with Crippen molar-refractivity contribution in [2.24, 2.45) is 21.1 Å². The van der Waals surface area contributed by atoms with Gasteiger partial charge >= 0.3 is 5.69 Å². The van der Waals surface area contributed by atoms with Crippen LogP contribution in [0.2, 0.25) is 0 Å². The molecule has 0 fully saturated rings. The maximum absolute atomic E-state index is 12.0. The average molecular weight is 342 g/mol. The Morgan fingerprint density at radius 3 is 2.42 bits per heavy atom. The van der Waals surface area contributed by atoms with Crippen molar-refractivity contribution in [3.8, 4) is 11.3 Å². The Morgan fingerprint density at radius 1 is 1.00 bits per heavy atom. The summed E-state index contributed by atoms with van der Waals surface area (Å²) < 4.78 is 4.61. The average Bonchev–Trinajstić information content (AvgIpc) is 2.96. The molecule has 0 amide bonds. The molecule has 0 aliphatic rings. The highest BCUT2D eigenvalue weighted by Gasteiger charge is 2.11. The van der Waals surface area contributed by atoms with Gasteiger partial charge in [-0.15, -0.1) is 0 Å². The van der Waals surface area contributed by atoms with Crippen molar-refractivity contribution in [2.75, 3.05) is 0 Å². The molecule has 2 aromatic heterocycles. The SMILES string of the molecule is Cn1c(-c2ccccc2)cnc1SCc1cc(=O)n(C)c(=O)n1C. The summed E-state index contributed by atoms with van der Waals surface area (Å²) in [5.74, 6) is 0.501. The van der Waals surface area contributed by atoms with Gasteiger partial charge in [0.05, 0.1) is 11.9 Å². The van der Waals surface area contributed by atoms with Gasteiger partial charge in [0.25, 0.3) is 5.56 Å². The van der Waals surface area contributed by atoms with Crippen molar-refractivity contribution in [3.63, 3.8) is 0 Å². The van der Waals surface area contributed by atoms with Crippen molar-refractivity contribution in [1.82, 2.24) is 18.7 Å². The standard InChI is InChI=1S/C17H18N4O2S/c1-19-13(9-15(22)21(3)17(19)23)11-24-16-18-10-14(20(16)2)12-7-5-4-6-8-12/h4-10H,11H2,1-3H3. The number of rotatable bonds is 4. The Labute approximate surface area is 143 Å². The number of imidazole rings is 1. The van der Waals surface area contributed by atoms with Crippen molar-refractivity contribution in [2.45, 2.75) is 10.9 Å². The lowest BCUT2D eigenvalue weighted by Gasteiger charge is -2.09. The van der Waals surface area contributed by atoms with Gasteiger partial charge in [-0.05, 0) is 5.56 Å². The molecule has 1 aromatic carbocycles. The molecule has 0 radical (unpaired) electrons. The fraction of sp³-hybridized carbons (Fsp3) is 0.235. The van der Waals surface area contributed by atoms with Gasteiger partial charge in [-0.2, -0.15) is 0 Å². The fourth-order valence-corrected chi connectivity index (χ4v) is 3.43. The summed E-state index contributed by atoms with van der Waals surface area (Å²) in [7, 11) is 5.11. The summed E-state index contributed by atoms with van der Waals surface area (Å²) >= 11 is 1.50. The Balaban J connectivity index is 1.86. The van der Waals surface area contributed by atoms with Crippen LogP contribution in [0.4, 0.5) is 0 Å². The van der Waals surface area contributed by atoms with E-state index in [1.165, 1.54) is 29.4 Å². The number of aromatic nitrogens is 4. The van der Waals surface area contributed by atoms with Gasteiger partial charge in [0, 0.05) is 38.7 Å². The van der Waals surface area contributed by atoms with E-state index in [0.29, 0.717) is 11.4 Å². The summed E-state index contributed by atoms with van der Waals surface area (Å²) in [6, 6.07) is 11.5. The van der Waals surface area contributed by atoms with Crippen LogP contribution >= 0.6 is 11.8 Å². The minimum absolute atomic E-state index is 0.293. The Kier molecular flexibility index (Phi) is 4.44. The number of nitrogens with zero attached hydrogens (tertiary/aromatic N) is 4. The van der Waals surface area contributed by atoms with E-state index in [1.54, 1.807) is 7.05 Å². The van der Waals surface area contributed by atoms with Gasteiger partial charge in [-0.25, -0.2) is 9.78 Å². The first-order chi connectivity index (χ1) is 11.5. The minimum Gasteiger partial charge on any atom is -0.322 e. The van der Waals surface area contributed by atoms with Crippen molar-refractivity contribution >= 4 is 11.8 Å². The summed E-state index contributed by atoms with van der Waals surface area (Å²) in [6.45, 7) is 0. The molecule has 124 valence electrons.